The third-order valence-corrected chi connectivity index (χ3v) is 3.81. The third kappa shape index (κ3) is 4.87. The van der Waals surface area contributed by atoms with Crippen LogP contribution in [0.5, 0.6) is 5.75 Å². The van der Waals surface area contributed by atoms with Gasteiger partial charge in [0.05, 0.1) is 12.2 Å². The van der Waals surface area contributed by atoms with E-state index in [1.165, 1.54) is 0 Å². The normalized spacial score (nSPS) is 24.3. The highest BCUT2D eigenvalue weighted by Crippen LogP contribution is 2.26. The van der Waals surface area contributed by atoms with Crippen molar-refractivity contribution in [1.29, 1.82) is 0 Å². The molecule has 2 rings (SSSR count). The van der Waals surface area contributed by atoms with Crippen molar-refractivity contribution in [3.05, 3.63) is 28.2 Å². The van der Waals surface area contributed by atoms with Crippen molar-refractivity contribution in [2.75, 3.05) is 26.2 Å². The maximum absolute atomic E-state index is 13.6. The summed E-state index contributed by atoms with van der Waals surface area (Å²) in [6.45, 7) is 5.56. The fourth-order valence-corrected chi connectivity index (χ4v) is 3.03. The first-order valence-electron chi connectivity index (χ1n) is 7.18. The van der Waals surface area contributed by atoms with Crippen LogP contribution in [0.4, 0.5) is 8.78 Å². The molecule has 1 heterocycles. The number of hydrogen-bond acceptors (Lipinski definition) is 4. The Balaban J connectivity index is 1.86. The Morgan fingerprint density at radius 1 is 1.32 bits per heavy atom. The maximum Gasteiger partial charge on any atom is 0.190 e. The van der Waals surface area contributed by atoms with Crippen molar-refractivity contribution in [1.82, 2.24) is 4.90 Å². The molecule has 0 saturated carbocycles. The summed E-state index contributed by atoms with van der Waals surface area (Å²) >= 11 is 3.00. The molecule has 1 aromatic rings. The zero-order chi connectivity index (χ0) is 16.3. The van der Waals surface area contributed by atoms with Crippen LogP contribution in [0, 0.1) is 11.6 Å². The standard InChI is InChI=1S/C15H20BrF2NO3/c1-9-5-19(6-10(2)22-9)7-12(20)8-21-15-13(17)3-11(16)4-14(15)18/h3-4,9-10,12,20H,5-8H2,1-2H3/t9-,10-,12-/m0/s1. The van der Waals surface area contributed by atoms with Gasteiger partial charge in [0.25, 0.3) is 0 Å². The average molecular weight is 380 g/mol. The smallest absolute Gasteiger partial charge is 0.190 e. The van der Waals surface area contributed by atoms with Crippen LogP contribution in [0.15, 0.2) is 16.6 Å². The summed E-state index contributed by atoms with van der Waals surface area (Å²) in [7, 11) is 0. The quantitative estimate of drug-likeness (QED) is 0.853. The molecular formula is C15H20BrF2NO3. The van der Waals surface area contributed by atoms with Crippen molar-refractivity contribution in [2.45, 2.75) is 32.2 Å². The molecule has 1 fully saturated rings. The number of aliphatic hydroxyl groups is 1. The number of ether oxygens (including phenoxy) is 2. The Morgan fingerprint density at radius 2 is 1.86 bits per heavy atom. The number of morpholine rings is 1. The lowest BCUT2D eigenvalue weighted by molar-refractivity contribution is -0.0787. The highest BCUT2D eigenvalue weighted by Gasteiger charge is 2.24. The zero-order valence-corrected chi connectivity index (χ0v) is 14.1. The minimum Gasteiger partial charge on any atom is -0.485 e. The van der Waals surface area contributed by atoms with E-state index in [0.29, 0.717) is 24.1 Å². The minimum atomic E-state index is -0.833. The molecule has 4 nitrogen and oxygen atoms in total. The van der Waals surface area contributed by atoms with Gasteiger partial charge in [-0.1, -0.05) is 15.9 Å². The Bertz CT molecular complexity index is 485. The highest BCUT2D eigenvalue weighted by atomic mass is 79.9. The monoisotopic (exact) mass is 379 g/mol. The van der Waals surface area contributed by atoms with E-state index in [1.807, 2.05) is 13.8 Å². The molecular weight excluding hydrogens is 360 g/mol. The van der Waals surface area contributed by atoms with E-state index in [1.54, 1.807) is 0 Å². The van der Waals surface area contributed by atoms with Crippen LogP contribution in [0.25, 0.3) is 0 Å². The van der Waals surface area contributed by atoms with Gasteiger partial charge in [-0.2, -0.15) is 0 Å². The molecule has 1 aliphatic rings. The lowest BCUT2D eigenvalue weighted by Gasteiger charge is -2.36. The number of rotatable bonds is 5. The number of halogens is 3. The van der Waals surface area contributed by atoms with Crippen LogP contribution in [0.1, 0.15) is 13.8 Å². The second kappa shape index (κ2) is 7.68. The van der Waals surface area contributed by atoms with Crippen molar-refractivity contribution < 1.29 is 23.4 Å². The summed E-state index contributed by atoms with van der Waals surface area (Å²) in [6.07, 6.45) is -0.642. The fraction of sp³-hybridized carbons (Fsp3) is 0.600. The molecule has 22 heavy (non-hydrogen) atoms. The predicted molar refractivity (Wildman–Crippen MR) is 82.0 cm³/mol. The number of benzene rings is 1. The lowest BCUT2D eigenvalue weighted by atomic mass is 10.2. The van der Waals surface area contributed by atoms with E-state index in [9.17, 15) is 13.9 Å². The summed E-state index contributed by atoms with van der Waals surface area (Å²) < 4.78 is 38.2. The molecule has 0 radical (unpaired) electrons. The Morgan fingerprint density at radius 3 is 2.41 bits per heavy atom. The van der Waals surface area contributed by atoms with Crippen molar-refractivity contribution >= 4 is 15.9 Å². The van der Waals surface area contributed by atoms with Crippen LogP contribution < -0.4 is 4.74 Å². The van der Waals surface area contributed by atoms with Gasteiger partial charge in [-0.05, 0) is 26.0 Å². The molecule has 0 amide bonds. The molecule has 0 bridgehead atoms. The minimum absolute atomic E-state index is 0.0956. The number of nitrogens with zero attached hydrogens (tertiary/aromatic N) is 1. The average Bonchev–Trinajstić information content (AvgIpc) is 2.35. The Hall–Kier alpha value is -0.760. The lowest BCUT2D eigenvalue weighted by Crippen LogP contribution is -2.48. The molecule has 3 atom stereocenters. The summed E-state index contributed by atoms with van der Waals surface area (Å²) in [5, 5.41) is 10.0. The molecule has 0 aromatic heterocycles. The van der Waals surface area contributed by atoms with Gasteiger partial charge >= 0.3 is 0 Å². The second-order valence-electron chi connectivity index (χ2n) is 5.64. The number of β-amino-alcohol motifs (C(OH)–C–C–N with tert-alkyl or cyclic N) is 1. The summed E-state index contributed by atoms with van der Waals surface area (Å²) in [5.74, 6) is -2.06. The molecule has 1 aromatic carbocycles. The van der Waals surface area contributed by atoms with Crippen molar-refractivity contribution in [2.24, 2.45) is 0 Å². The molecule has 1 saturated heterocycles. The van der Waals surface area contributed by atoms with Crippen LogP contribution in [-0.2, 0) is 4.74 Å². The van der Waals surface area contributed by atoms with Gasteiger partial charge in [-0.25, -0.2) is 8.78 Å². The van der Waals surface area contributed by atoms with Gasteiger partial charge in [0.2, 0.25) is 0 Å². The third-order valence-electron chi connectivity index (χ3n) is 3.35. The molecule has 7 heteroatoms. The van der Waals surface area contributed by atoms with Crippen LogP contribution in [0.3, 0.4) is 0 Å². The topological polar surface area (TPSA) is 41.9 Å². The summed E-state index contributed by atoms with van der Waals surface area (Å²) in [5.41, 5.74) is 0. The molecule has 1 aliphatic heterocycles. The molecule has 0 unspecified atom stereocenters. The first kappa shape index (κ1) is 17.6. The Kier molecular flexibility index (Phi) is 6.14. The zero-order valence-electron chi connectivity index (χ0n) is 12.6. The Labute approximate surface area is 137 Å². The van der Waals surface area contributed by atoms with E-state index < -0.39 is 23.5 Å². The van der Waals surface area contributed by atoms with Crippen molar-refractivity contribution in [3.8, 4) is 5.75 Å². The summed E-state index contributed by atoms with van der Waals surface area (Å²) in [4.78, 5) is 2.06. The first-order valence-corrected chi connectivity index (χ1v) is 7.97. The van der Waals surface area contributed by atoms with Crippen LogP contribution in [-0.4, -0.2) is 54.6 Å². The maximum atomic E-state index is 13.6. The molecule has 0 spiro atoms. The van der Waals surface area contributed by atoms with Crippen LogP contribution in [0.2, 0.25) is 0 Å². The first-order chi connectivity index (χ1) is 10.3. The summed E-state index contributed by atoms with van der Waals surface area (Å²) in [6, 6.07) is 2.24. The van der Waals surface area contributed by atoms with Gasteiger partial charge in [0.1, 0.15) is 12.7 Å². The van der Waals surface area contributed by atoms with Gasteiger partial charge in [0, 0.05) is 24.1 Å². The highest BCUT2D eigenvalue weighted by molar-refractivity contribution is 9.10. The second-order valence-corrected chi connectivity index (χ2v) is 6.55. The van der Waals surface area contributed by atoms with Gasteiger partial charge < -0.3 is 14.6 Å². The predicted octanol–water partition coefficient (Wildman–Crippen LogP) is 2.58. The van der Waals surface area contributed by atoms with E-state index in [-0.39, 0.29) is 18.8 Å². The number of hydrogen-bond donors (Lipinski definition) is 1. The van der Waals surface area contributed by atoms with E-state index >= 15 is 0 Å². The van der Waals surface area contributed by atoms with Crippen molar-refractivity contribution in [3.63, 3.8) is 0 Å². The number of aliphatic hydroxyl groups excluding tert-OH is 1. The fourth-order valence-electron chi connectivity index (χ4n) is 2.63. The molecule has 124 valence electrons. The molecule has 0 aliphatic carbocycles. The largest absolute Gasteiger partial charge is 0.485 e. The SMILES string of the molecule is C[C@H]1CN(C[C@H](O)COc2c(F)cc(Br)cc2F)C[C@H](C)O1. The van der Waals surface area contributed by atoms with E-state index in [4.69, 9.17) is 9.47 Å². The van der Waals surface area contributed by atoms with Gasteiger partial charge in [-0.15, -0.1) is 0 Å². The van der Waals surface area contributed by atoms with Gasteiger partial charge in [0.15, 0.2) is 17.4 Å². The van der Waals surface area contributed by atoms with Gasteiger partial charge in [-0.3, -0.25) is 4.90 Å². The molecule has 1 N–H and O–H groups in total. The van der Waals surface area contributed by atoms with Crippen LogP contribution >= 0.6 is 15.9 Å². The van der Waals surface area contributed by atoms with E-state index in [2.05, 4.69) is 20.8 Å². The van der Waals surface area contributed by atoms with E-state index in [0.717, 1.165) is 12.1 Å².